The van der Waals surface area contributed by atoms with Crippen molar-refractivity contribution in [2.45, 2.75) is 58.9 Å². The molecule has 3 unspecified atom stereocenters. The smallest absolute Gasteiger partial charge is 0.161 e. The van der Waals surface area contributed by atoms with Gasteiger partial charge in [-0.05, 0) is 77.9 Å². The topological polar surface area (TPSA) is 87.4 Å². The largest absolute Gasteiger partial charge is 0.492 e. The van der Waals surface area contributed by atoms with Crippen LogP contribution < -0.4 is 10.1 Å². The van der Waals surface area contributed by atoms with Gasteiger partial charge in [0.25, 0.3) is 0 Å². The van der Waals surface area contributed by atoms with E-state index in [1.54, 1.807) is 6.20 Å². The molecule has 0 saturated heterocycles. The summed E-state index contributed by atoms with van der Waals surface area (Å²) in [6, 6.07) is 10.3. The van der Waals surface area contributed by atoms with Crippen molar-refractivity contribution in [1.29, 1.82) is 5.26 Å². The van der Waals surface area contributed by atoms with Crippen LogP contribution in [0.4, 0.5) is 5.69 Å². The number of halogens is 1. The predicted octanol–water partition coefficient (Wildman–Crippen LogP) is 6.59. The van der Waals surface area contributed by atoms with Crippen LogP contribution in [-0.2, 0) is 11.3 Å². The van der Waals surface area contributed by atoms with Gasteiger partial charge < -0.3 is 10.1 Å². The molecule has 4 rings (SSSR count). The molecule has 0 amide bonds. The molecule has 182 valence electrons. The molecule has 0 saturated carbocycles. The normalized spacial score (nSPS) is 21.7. The monoisotopic (exact) mass is 534 g/mol. The highest BCUT2D eigenvalue weighted by Crippen LogP contribution is 2.47. The van der Waals surface area contributed by atoms with Crippen molar-refractivity contribution in [3.05, 3.63) is 63.5 Å². The summed E-state index contributed by atoms with van der Waals surface area (Å²) in [5, 5.41) is 13.5. The lowest BCUT2D eigenvalue weighted by Crippen LogP contribution is -2.32. The molecule has 0 radical (unpaired) electrons. The minimum absolute atomic E-state index is 0.124. The molecule has 7 heteroatoms. The van der Waals surface area contributed by atoms with Crippen LogP contribution in [0.3, 0.4) is 0 Å². The lowest BCUT2D eigenvalue weighted by Gasteiger charge is -2.35. The number of ether oxygens (including phenoxy) is 1. The molecule has 1 aromatic heterocycles. The van der Waals surface area contributed by atoms with Gasteiger partial charge in [-0.2, -0.15) is 5.26 Å². The van der Waals surface area contributed by atoms with Gasteiger partial charge in [-0.3, -0.25) is 14.8 Å². The van der Waals surface area contributed by atoms with E-state index >= 15 is 0 Å². The fraction of sp³-hybridized carbons (Fsp3) is 0.429. The number of pyridine rings is 1. The molecule has 0 spiro atoms. The molecule has 3 atom stereocenters. The number of Topliss-reactive ketones (excluding diaryl/α,β-unsaturated/α-hetero) is 1. The van der Waals surface area contributed by atoms with Crippen LogP contribution >= 0.6 is 15.9 Å². The lowest BCUT2D eigenvalue weighted by atomic mass is 9.70. The van der Waals surface area contributed by atoms with E-state index in [1.165, 1.54) is 0 Å². The van der Waals surface area contributed by atoms with Gasteiger partial charge in [-0.25, -0.2) is 0 Å². The summed E-state index contributed by atoms with van der Waals surface area (Å²) >= 11 is 3.73. The van der Waals surface area contributed by atoms with Crippen LogP contribution in [0.25, 0.3) is 0 Å². The Kier molecular flexibility index (Phi) is 8.02. The maximum Gasteiger partial charge on any atom is 0.161 e. The zero-order valence-corrected chi connectivity index (χ0v) is 22.1. The molecule has 2 aromatic rings. The first kappa shape index (κ1) is 25.1. The number of aromatic nitrogens is 1. The second-order valence-corrected chi connectivity index (χ2v) is 10.1. The maximum atomic E-state index is 13.4. The first-order valence-electron chi connectivity index (χ1n) is 12.3. The average molecular weight is 535 g/mol. The number of nitriles is 1. The Labute approximate surface area is 215 Å². The molecule has 0 fully saturated rings. The van der Waals surface area contributed by atoms with Crippen molar-refractivity contribution in [3.8, 4) is 11.8 Å². The zero-order valence-electron chi connectivity index (χ0n) is 20.5. The molecule has 6 nitrogen and oxygen atoms in total. The Morgan fingerprint density at radius 1 is 1.29 bits per heavy atom. The highest BCUT2D eigenvalue weighted by Gasteiger charge is 2.41. The number of hydrogen-bond donors (Lipinski definition) is 1. The van der Waals surface area contributed by atoms with Crippen LogP contribution in [0.1, 0.15) is 63.5 Å². The minimum atomic E-state index is -0.490. The highest BCUT2D eigenvalue weighted by atomic mass is 79.9. The van der Waals surface area contributed by atoms with E-state index in [4.69, 9.17) is 9.73 Å². The molecule has 1 N–H and O–H groups in total. The van der Waals surface area contributed by atoms with Gasteiger partial charge in [0.2, 0.25) is 0 Å². The zero-order chi connectivity index (χ0) is 24.9. The Balaban J connectivity index is 1.74. The summed E-state index contributed by atoms with van der Waals surface area (Å²) in [4.78, 5) is 22.3. The fourth-order valence-corrected chi connectivity index (χ4v) is 5.79. The number of nitrogens with one attached hydrogen (secondary N) is 1. The van der Waals surface area contributed by atoms with Gasteiger partial charge in [0.05, 0.1) is 24.3 Å². The van der Waals surface area contributed by atoms with E-state index in [0.29, 0.717) is 36.8 Å². The number of ketones is 1. The summed E-state index contributed by atoms with van der Waals surface area (Å²) in [5.74, 6) is 0.291. The second-order valence-electron chi connectivity index (χ2n) is 9.21. The molecule has 1 aromatic carbocycles. The van der Waals surface area contributed by atoms with E-state index in [2.05, 4.69) is 39.2 Å². The summed E-state index contributed by atoms with van der Waals surface area (Å²) in [6.07, 6.45) is 6.96. The second kappa shape index (κ2) is 11.2. The van der Waals surface area contributed by atoms with E-state index in [1.807, 2.05) is 44.3 Å². The van der Waals surface area contributed by atoms with Crippen LogP contribution in [0, 0.1) is 23.2 Å². The first-order chi connectivity index (χ1) is 17.0. The summed E-state index contributed by atoms with van der Waals surface area (Å²) in [5.41, 5.74) is 5.12. The summed E-state index contributed by atoms with van der Waals surface area (Å²) < 4.78 is 6.85. The van der Waals surface area contributed by atoms with E-state index in [0.717, 1.165) is 52.0 Å². The SMILES string of the molecule is CCCC1CC(=O)C2=C(C1)N=C(C)C(C#N)C2c1cc(Br)c(NCc2cccnc2)c(OCC)c1. The third kappa shape index (κ3) is 5.33. The Hall–Kier alpha value is -2.98. The van der Waals surface area contributed by atoms with Crippen molar-refractivity contribution >= 4 is 33.1 Å². The van der Waals surface area contributed by atoms with Crippen LogP contribution in [0.2, 0.25) is 0 Å². The van der Waals surface area contributed by atoms with Crippen LogP contribution in [0.5, 0.6) is 5.75 Å². The third-order valence-corrected chi connectivity index (χ3v) is 7.36. The molecule has 1 aliphatic carbocycles. The number of carbonyl (C=O) groups excluding carboxylic acids is 1. The van der Waals surface area contributed by atoms with Gasteiger partial charge in [-0.15, -0.1) is 0 Å². The number of carbonyl (C=O) groups is 1. The van der Waals surface area contributed by atoms with Crippen LogP contribution in [0.15, 0.2) is 57.4 Å². The van der Waals surface area contributed by atoms with Crippen molar-refractivity contribution in [2.75, 3.05) is 11.9 Å². The molecule has 0 bridgehead atoms. The number of anilines is 1. The molecule has 1 aliphatic heterocycles. The van der Waals surface area contributed by atoms with Gasteiger partial charge >= 0.3 is 0 Å². The quantitative estimate of drug-likeness (QED) is 0.412. The van der Waals surface area contributed by atoms with Gasteiger partial charge in [0.1, 0.15) is 5.75 Å². The standard InChI is InChI=1S/C28H31BrN4O2/c1-4-7-18-10-23-27(24(34)11-18)26(21(14-30)17(3)33-23)20-12-22(29)28(25(13-20)35-5-2)32-16-19-8-6-9-31-15-19/h6,8-9,12-13,15,18,21,26,32H,4-5,7,10-11,16H2,1-3H3. The molecule has 35 heavy (non-hydrogen) atoms. The lowest BCUT2D eigenvalue weighted by molar-refractivity contribution is -0.117. The Morgan fingerprint density at radius 2 is 2.11 bits per heavy atom. The maximum absolute atomic E-state index is 13.4. The minimum Gasteiger partial charge on any atom is -0.492 e. The summed E-state index contributed by atoms with van der Waals surface area (Å²) in [6.45, 7) is 7.08. The Bertz CT molecular complexity index is 1200. The third-order valence-electron chi connectivity index (χ3n) is 6.74. The van der Waals surface area contributed by atoms with Crippen molar-refractivity contribution < 1.29 is 9.53 Å². The summed E-state index contributed by atoms with van der Waals surface area (Å²) in [7, 11) is 0. The highest BCUT2D eigenvalue weighted by molar-refractivity contribution is 9.10. The van der Waals surface area contributed by atoms with Gasteiger partial charge in [0.15, 0.2) is 5.78 Å². The Morgan fingerprint density at radius 3 is 2.80 bits per heavy atom. The fourth-order valence-electron chi connectivity index (χ4n) is 5.19. The van der Waals surface area contributed by atoms with Crippen molar-refractivity contribution in [2.24, 2.45) is 16.8 Å². The van der Waals surface area contributed by atoms with Gasteiger partial charge in [-0.1, -0.05) is 19.4 Å². The van der Waals surface area contributed by atoms with Crippen molar-refractivity contribution in [1.82, 2.24) is 4.98 Å². The molecular weight excluding hydrogens is 504 g/mol. The molecule has 2 heterocycles. The average Bonchev–Trinajstić information content (AvgIpc) is 2.83. The number of benzene rings is 1. The van der Waals surface area contributed by atoms with Gasteiger partial charge in [0, 0.05) is 52.7 Å². The van der Waals surface area contributed by atoms with E-state index < -0.39 is 5.92 Å². The molecular formula is C28H31BrN4O2. The number of allylic oxidation sites excluding steroid dienone is 2. The predicted molar refractivity (Wildman–Crippen MR) is 141 cm³/mol. The van der Waals surface area contributed by atoms with Crippen LogP contribution in [-0.4, -0.2) is 23.1 Å². The van der Waals surface area contributed by atoms with E-state index in [9.17, 15) is 10.1 Å². The van der Waals surface area contributed by atoms with E-state index in [-0.39, 0.29) is 11.7 Å². The number of aliphatic imine (C=N–C) groups is 1. The first-order valence-corrected chi connectivity index (χ1v) is 13.1. The number of rotatable bonds is 8. The van der Waals surface area contributed by atoms with Crippen molar-refractivity contribution in [3.63, 3.8) is 0 Å². The molecule has 2 aliphatic rings. The number of hydrogen-bond acceptors (Lipinski definition) is 6. The number of nitrogens with zero attached hydrogens (tertiary/aromatic N) is 3.